The number of hydrogen-bond acceptors (Lipinski definition) is 7. The van der Waals surface area contributed by atoms with Gasteiger partial charge in [0.15, 0.2) is 11.5 Å². The van der Waals surface area contributed by atoms with Crippen molar-refractivity contribution >= 4 is 11.6 Å². The number of ether oxygens (including phenoxy) is 2. The summed E-state index contributed by atoms with van der Waals surface area (Å²) < 4.78 is 12.7. The molecule has 154 valence electrons. The number of aromatic nitrogens is 4. The van der Waals surface area contributed by atoms with E-state index in [1.165, 1.54) is 0 Å². The Bertz CT molecular complexity index is 1060. The molecular weight excluding hydrogens is 384 g/mol. The highest BCUT2D eigenvalue weighted by atomic mass is 16.7. The van der Waals surface area contributed by atoms with Gasteiger partial charge in [0.2, 0.25) is 12.7 Å². The molecule has 3 aromatic heterocycles. The Morgan fingerprint density at radius 1 is 1.20 bits per heavy atom. The number of rotatable bonds is 5. The number of aryl methyl sites for hydroxylation is 1. The number of likely N-dealkylation sites (tertiary alicyclic amines) is 1. The maximum absolute atomic E-state index is 12.9. The summed E-state index contributed by atoms with van der Waals surface area (Å²) in [6.45, 7) is 1.59. The summed E-state index contributed by atoms with van der Waals surface area (Å²) in [6, 6.07) is 7.22. The Balaban J connectivity index is 1.27. The molecule has 9 heteroatoms. The van der Waals surface area contributed by atoms with Crippen LogP contribution in [0.15, 0.2) is 42.9 Å². The van der Waals surface area contributed by atoms with Crippen molar-refractivity contribution in [2.45, 2.75) is 25.4 Å². The lowest BCUT2D eigenvalue weighted by Gasteiger charge is -2.23. The van der Waals surface area contributed by atoms with E-state index < -0.39 is 0 Å². The average Bonchev–Trinajstić information content (AvgIpc) is 3.49. The molecule has 0 saturated carbocycles. The van der Waals surface area contributed by atoms with Crippen molar-refractivity contribution in [1.82, 2.24) is 24.6 Å². The molecule has 30 heavy (non-hydrogen) atoms. The molecule has 0 bridgehead atoms. The van der Waals surface area contributed by atoms with E-state index in [9.17, 15) is 4.79 Å². The molecule has 0 spiro atoms. The monoisotopic (exact) mass is 406 g/mol. The predicted molar refractivity (Wildman–Crippen MR) is 109 cm³/mol. The topological polar surface area (TPSA) is 94.4 Å². The first-order chi connectivity index (χ1) is 14.7. The van der Waals surface area contributed by atoms with Gasteiger partial charge < -0.3 is 14.8 Å². The van der Waals surface area contributed by atoms with Crippen LogP contribution in [0.1, 0.15) is 18.5 Å². The predicted octanol–water partition coefficient (Wildman–Crippen LogP) is 2.21. The number of hydrogen-bond donors (Lipinski definition) is 1. The van der Waals surface area contributed by atoms with E-state index in [2.05, 4.69) is 25.3 Å². The summed E-state index contributed by atoms with van der Waals surface area (Å²) in [5, 5.41) is 7.16. The van der Waals surface area contributed by atoms with Crippen molar-refractivity contribution in [2.24, 2.45) is 7.05 Å². The van der Waals surface area contributed by atoms with E-state index in [4.69, 9.17) is 9.47 Å². The van der Waals surface area contributed by atoms with E-state index in [1.54, 1.807) is 29.3 Å². The van der Waals surface area contributed by atoms with Gasteiger partial charge in [-0.2, -0.15) is 5.10 Å². The number of fused-ring (bicyclic) bond motifs is 1. The van der Waals surface area contributed by atoms with Gasteiger partial charge >= 0.3 is 0 Å². The third kappa shape index (κ3) is 3.48. The summed E-state index contributed by atoms with van der Waals surface area (Å²) in [5.41, 5.74) is 3.20. The standard InChI is InChI=1S/C21H22N6O3/c1-26-17(6-9-24-26)15-5-4-14(11-23-15)25-21(28)18-3-2-10-27(18)12-16-20-19(7-8-22-16)29-13-30-20/h4-9,11,18H,2-3,10,12-13H2,1H3,(H,25,28). The van der Waals surface area contributed by atoms with Gasteiger partial charge in [-0.25, -0.2) is 0 Å². The SMILES string of the molecule is Cn1nccc1-c1ccc(NC(=O)C2CCCN2Cc2nccc3c2OCO3)cn1. The lowest BCUT2D eigenvalue weighted by molar-refractivity contribution is -0.120. The van der Waals surface area contributed by atoms with Gasteiger partial charge in [-0.05, 0) is 37.6 Å². The molecule has 3 aromatic rings. The molecule has 9 nitrogen and oxygen atoms in total. The lowest BCUT2D eigenvalue weighted by Crippen LogP contribution is -2.39. The minimum atomic E-state index is -0.221. The van der Waals surface area contributed by atoms with Gasteiger partial charge in [-0.1, -0.05) is 0 Å². The van der Waals surface area contributed by atoms with Crippen LogP contribution in [0, 0.1) is 0 Å². The minimum Gasteiger partial charge on any atom is -0.453 e. The molecule has 0 aliphatic carbocycles. The van der Waals surface area contributed by atoms with E-state index in [0.29, 0.717) is 23.7 Å². The average molecular weight is 406 g/mol. The summed E-state index contributed by atoms with van der Waals surface area (Å²) in [7, 11) is 1.87. The fourth-order valence-corrected chi connectivity index (χ4v) is 3.98. The molecule has 1 N–H and O–H groups in total. The van der Waals surface area contributed by atoms with Gasteiger partial charge in [0.05, 0.1) is 29.3 Å². The van der Waals surface area contributed by atoms with Crippen LogP contribution in [0.3, 0.4) is 0 Å². The third-order valence-electron chi connectivity index (χ3n) is 5.49. The van der Waals surface area contributed by atoms with Crippen LogP contribution in [-0.2, 0) is 18.4 Å². The maximum atomic E-state index is 12.9. The molecule has 5 rings (SSSR count). The number of nitrogens with zero attached hydrogens (tertiary/aromatic N) is 5. The van der Waals surface area contributed by atoms with Gasteiger partial charge in [0.25, 0.3) is 0 Å². The second-order valence-corrected chi connectivity index (χ2v) is 7.38. The fourth-order valence-electron chi connectivity index (χ4n) is 3.98. The second-order valence-electron chi connectivity index (χ2n) is 7.38. The first kappa shape index (κ1) is 18.6. The molecule has 1 amide bonds. The molecule has 1 unspecified atom stereocenters. The minimum absolute atomic E-state index is 0.0349. The van der Waals surface area contributed by atoms with E-state index in [-0.39, 0.29) is 18.7 Å². The fraction of sp³-hybridized carbons (Fsp3) is 0.333. The molecule has 5 heterocycles. The Morgan fingerprint density at radius 2 is 2.13 bits per heavy atom. The summed E-state index contributed by atoms with van der Waals surface area (Å²) in [4.78, 5) is 24.0. The molecular formula is C21H22N6O3. The van der Waals surface area contributed by atoms with Crippen LogP contribution in [0.2, 0.25) is 0 Å². The van der Waals surface area contributed by atoms with Gasteiger partial charge in [-0.15, -0.1) is 0 Å². The Kier molecular flexibility index (Phi) is 4.80. The molecule has 1 fully saturated rings. The van der Waals surface area contributed by atoms with Crippen LogP contribution in [0.5, 0.6) is 11.5 Å². The zero-order valence-electron chi connectivity index (χ0n) is 16.6. The van der Waals surface area contributed by atoms with Crippen LogP contribution in [0.25, 0.3) is 11.4 Å². The first-order valence-corrected chi connectivity index (χ1v) is 9.92. The van der Waals surface area contributed by atoms with Crippen LogP contribution in [-0.4, -0.2) is 49.9 Å². The largest absolute Gasteiger partial charge is 0.453 e. The van der Waals surface area contributed by atoms with Crippen LogP contribution < -0.4 is 14.8 Å². The second kappa shape index (κ2) is 7.75. The smallest absolute Gasteiger partial charge is 0.241 e. The zero-order chi connectivity index (χ0) is 20.5. The quantitative estimate of drug-likeness (QED) is 0.694. The normalized spacial score (nSPS) is 18.0. The van der Waals surface area contributed by atoms with Crippen molar-refractivity contribution in [2.75, 3.05) is 18.7 Å². The highest BCUT2D eigenvalue weighted by Crippen LogP contribution is 2.35. The number of carbonyl (C=O) groups is 1. The van der Waals surface area contributed by atoms with Crippen molar-refractivity contribution in [1.29, 1.82) is 0 Å². The molecule has 1 saturated heterocycles. The van der Waals surface area contributed by atoms with Crippen LogP contribution in [0.4, 0.5) is 5.69 Å². The van der Waals surface area contributed by atoms with Crippen molar-refractivity contribution in [3.63, 3.8) is 0 Å². The Morgan fingerprint density at radius 3 is 2.93 bits per heavy atom. The summed E-state index contributed by atoms with van der Waals surface area (Å²) in [6.07, 6.45) is 6.89. The first-order valence-electron chi connectivity index (χ1n) is 9.92. The van der Waals surface area contributed by atoms with E-state index >= 15 is 0 Å². The third-order valence-corrected chi connectivity index (χ3v) is 5.49. The number of pyridine rings is 2. The zero-order valence-corrected chi connectivity index (χ0v) is 16.6. The van der Waals surface area contributed by atoms with Gasteiger partial charge in [-0.3, -0.25) is 24.3 Å². The van der Waals surface area contributed by atoms with E-state index in [1.807, 2.05) is 25.2 Å². The van der Waals surface area contributed by atoms with Crippen molar-refractivity contribution < 1.29 is 14.3 Å². The highest BCUT2D eigenvalue weighted by Gasteiger charge is 2.32. The Labute approximate surface area is 173 Å². The number of nitrogens with one attached hydrogen (secondary N) is 1. The summed E-state index contributed by atoms with van der Waals surface area (Å²) >= 11 is 0. The molecule has 2 aliphatic heterocycles. The van der Waals surface area contributed by atoms with Crippen LogP contribution >= 0.6 is 0 Å². The molecule has 0 aromatic carbocycles. The van der Waals surface area contributed by atoms with E-state index in [0.717, 1.165) is 36.5 Å². The molecule has 1 atom stereocenters. The molecule has 0 radical (unpaired) electrons. The Hall–Kier alpha value is -3.46. The number of amides is 1. The lowest BCUT2D eigenvalue weighted by atomic mass is 10.2. The number of carbonyl (C=O) groups excluding carboxylic acids is 1. The van der Waals surface area contributed by atoms with Gasteiger partial charge in [0.1, 0.15) is 5.69 Å². The highest BCUT2D eigenvalue weighted by molar-refractivity contribution is 5.95. The van der Waals surface area contributed by atoms with Crippen molar-refractivity contribution in [3.05, 3.63) is 48.5 Å². The van der Waals surface area contributed by atoms with Crippen molar-refractivity contribution in [3.8, 4) is 22.9 Å². The van der Waals surface area contributed by atoms with Gasteiger partial charge in [0, 0.05) is 32.1 Å². The maximum Gasteiger partial charge on any atom is 0.241 e. The number of anilines is 1. The molecule has 2 aliphatic rings. The summed E-state index contributed by atoms with van der Waals surface area (Å²) in [5.74, 6) is 1.35.